The van der Waals surface area contributed by atoms with Crippen LogP contribution in [0.2, 0.25) is 0 Å². The van der Waals surface area contributed by atoms with Crippen molar-refractivity contribution in [3.63, 3.8) is 0 Å². The van der Waals surface area contributed by atoms with Crippen molar-refractivity contribution < 1.29 is 9.32 Å². The Morgan fingerprint density at radius 2 is 2.08 bits per heavy atom. The van der Waals surface area contributed by atoms with Gasteiger partial charge in [0, 0.05) is 31.7 Å². The van der Waals surface area contributed by atoms with Gasteiger partial charge in [-0.05, 0) is 44.4 Å². The average Bonchev–Trinajstić information content (AvgIpc) is 3.36. The fourth-order valence-electron chi connectivity index (χ4n) is 4.16. The molecular formula is C18H23N5O2. The third kappa shape index (κ3) is 3.28. The Hall–Kier alpha value is -2.28. The molecule has 4 heterocycles. The van der Waals surface area contributed by atoms with Gasteiger partial charge in [-0.3, -0.25) is 14.7 Å². The smallest absolute Gasteiger partial charge is 0.241 e. The van der Waals surface area contributed by atoms with Gasteiger partial charge in [0.2, 0.25) is 17.6 Å². The van der Waals surface area contributed by atoms with Crippen LogP contribution >= 0.6 is 0 Å². The van der Waals surface area contributed by atoms with Gasteiger partial charge in [-0.2, -0.15) is 4.98 Å². The van der Waals surface area contributed by atoms with Crippen LogP contribution in [-0.2, 0) is 11.3 Å². The minimum atomic E-state index is 0.185. The Bertz CT molecular complexity index is 732. The van der Waals surface area contributed by atoms with E-state index in [0.717, 1.165) is 38.8 Å². The van der Waals surface area contributed by atoms with Gasteiger partial charge in [-0.15, -0.1) is 0 Å². The number of carbonyl (C=O) groups is 1. The Kier molecular flexibility index (Phi) is 4.48. The molecule has 4 rings (SSSR count). The lowest BCUT2D eigenvalue weighted by molar-refractivity contribution is -0.130. The molecular weight excluding hydrogens is 318 g/mol. The summed E-state index contributed by atoms with van der Waals surface area (Å²) in [5.74, 6) is 1.32. The van der Waals surface area contributed by atoms with Crippen LogP contribution in [0.4, 0.5) is 0 Å². The molecule has 7 nitrogen and oxygen atoms in total. The fraction of sp³-hybridized carbons (Fsp3) is 0.556. The minimum Gasteiger partial charge on any atom is -0.338 e. The molecule has 0 unspecified atom stereocenters. The van der Waals surface area contributed by atoms with Gasteiger partial charge < -0.3 is 9.42 Å². The topological polar surface area (TPSA) is 75.4 Å². The molecule has 2 aliphatic rings. The predicted molar refractivity (Wildman–Crippen MR) is 91.4 cm³/mol. The van der Waals surface area contributed by atoms with Crippen molar-refractivity contribution in [2.24, 2.45) is 0 Å². The molecule has 7 heteroatoms. The van der Waals surface area contributed by atoms with Gasteiger partial charge in [-0.25, -0.2) is 0 Å². The van der Waals surface area contributed by atoms with Crippen molar-refractivity contribution in [2.45, 2.75) is 51.2 Å². The molecule has 0 spiro atoms. The highest BCUT2D eigenvalue weighted by molar-refractivity contribution is 5.74. The summed E-state index contributed by atoms with van der Waals surface area (Å²) in [4.78, 5) is 25.1. The highest BCUT2D eigenvalue weighted by Gasteiger charge is 2.39. The Balaban J connectivity index is 1.47. The van der Waals surface area contributed by atoms with Crippen LogP contribution in [0.3, 0.4) is 0 Å². The molecule has 0 saturated carbocycles. The summed E-state index contributed by atoms with van der Waals surface area (Å²) >= 11 is 0. The first-order valence-electron chi connectivity index (χ1n) is 8.97. The van der Waals surface area contributed by atoms with Crippen LogP contribution in [-0.4, -0.2) is 56.0 Å². The summed E-state index contributed by atoms with van der Waals surface area (Å²) < 4.78 is 5.44. The molecule has 0 aromatic carbocycles. The quantitative estimate of drug-likeness (QED) is 0.848. The van der Waals surface area contributed by atoms with Gasteiger partial charge in [0.1, 0.15) is 5.69 Å². The fourth-order valence-corrected chi connectivity index (χ4v) is 4.16. The average molecular weight is 341 g/mol. The first kappa shape index (κ1) is 16.2. The molecule has 0 radical (unpaired) electrons. The van der Waals surface area contributed by atoms with Gasteiger partial charge in [0.15, 0.2) is 0 Å². The summed E-state index contributed by atoms with van der Waals surface area (Å²) in [6.45, 7) is 4.20. The summed E-state index contributed by atoms with van der Waals surface area (Å²) in [7, 11) is 0. The van der Waals surface area contributed by atoms with Gasteiger partial charge in [-0.1, -0.05) is 11.2 Å². The van der Waals surface area contributed by atoms with Crippen molar-refractivity contribution in [3.8, 4) is 11.5 Å². The van der Waals surface area contributed by atoms with Crippen molar-refractivity contribution in [1.82, 2.24) is 24.9 Å². The third-order valence-corrected chi connectivity index (χ3v) is 5.26. The second-order valence-corrected chi connectivity index (χ2v) is 6.83. The maximum absolute atomic E-state index is 11.9. The highest BCUT2D eigenvalue weighted by atomic mass is 16.5. The number of rotatable bonds is 4. The highest BCUT2D eigenvalue weighted by Crippen LogP contribution is 2.31. The summed E-state index contributed by atoms with van der Waals surface area (Å²) in [6.07, 6.45) is 6.17. The monoisotopic (exact) mass is 341 g/mol. The number of carbonyl (C=O) groups excluding carboxylic acids is 1. The van der Waals surface area contributed by atoms with E-state index in [0.29, 0.717) is 36.0 Å². The zero-order valence-electron chi connectivity index (χ0n) is 14.5. The van der Waals surface area contributed by atoms with Crippen LogP contribution in [0.5, 0.6) is 0 Å². The summed E-state index contributed by atoms with van der Waals surface area (Å²) in [5, 5.41) is 4.05. The number of aromatic nitrogens is 3. The minimum absolute atomic E-state index is 0.185. The number of hydrogen-bond acceptors (Lipinski definition) is 6. The van der Waals surface area contributed by atoms with E-state index in [1.165, 1.54) is 0 Å². The second-order valence-electron chi connectivity index (χ2n) is 6.83. The SMILES string of the molecule is CC(=O)N1CCC[C@@H]1[C@@H]1CCCN1Cc1nc(-c2ccccn2)no1. The predicted octanol–water partition coefficient (Wildman–Crippen LogP) is 2.11. The maximum Gasteiger partial charge on any atom is 0.241 e. The van der Waals surface area contributed by atoms with Crippen molar-refractivity contribution in [1.29, 1.82) is 0 Å². The summed E-state index contributed by atoms with van der Waals surface area (Å²) in [5.41, 5.74) is 0.717. The number of hydrogen-bond donors (Lipinski definition) is 0. The van der Waals surface area contributed by atoms with Crippen molar-refractivity contribution in [3.05, 3.63) is 30.3 Å². The van der Waals surface area contributed by atoms with Crippen LogP contribution in [0.1, 0.15) is 38.5 Å². The molecule has 132 valence electrons. The number of amides is 1. The van der Waals surface area contributed by atoms with E-state index >= 15 is 0 Å². The standard InChI is InChI=1S/C18H23N5O2/c1-13(24)23-11-5-8-16(23)15-7-4-10-22(15)12-17-20-18(21-25-17)14-6-2-3-9-19-14/h2-3,6,9,15-16H,4-5,7-8,10-12H2,1H3/t15-,16+/m0/s1. The van der Waals surface area contributed by atoms with Gasteiger partial charge in [0.25, 0.3) is 0 Å². The van der Waals surface area contributed by atoms with Crippen molar-refractivity contribution >= 4 is 5.91 Å². The molecule has 2 aromatic heterocycles. The molecule has 2 aromatic rings. The Morgan fingerprint density at radius 1 is 1.24 bits per heavy atom. The molecule has 1 amide bonds. The van der Waals surface area contributed by atoms with Gasteiger partial charge in [0.05, 0.1) is 6.54 Å². The van der Waals surface area contributed by atoms with E-state index < -0.39 is 0 Å². The Labute approximate surface area is 147 Å². The van der Waals surface area contributed by atoms with Crippen LogP contribution in [0, 0.1) is 0 Å². The van der Waals surface area contributed by atoms with E-state index in [9.17, 15) is 4.79 Å². The Morgan fingerprint density at radius 3 is 2.88 bits per heavy atom. The number of pyridine rings is 1. The van der Waals surface area contributed by atoms with E-state index in [1.54, 1.807) is 13.1 Å². The van der Waals surface area contributed by atoms with Crippen LogP contribution < -0.4 is 0 Å². The van der Waals surface area contributed by atoms with Crippen molar-refractivity contribution in [2.75, 3.05) is 13.1 Å². The lowest BCUT2D eigenvalue weighted by Crippen LogP contribution is -2.47. The normalized spacial score (nSPS) is 24.1. The van der Waals surface area contributed by atoms with Gasteiger partial charge >= 0.3 is 0 Å². The zero-order chi connectivity index (χ0) is 17.2. The molecule has 0 aliphatic carbocycles. The number of nitrogens with zero attached hydrogens (tertiary/aromatic N) is 5. The van der Waals surface area contributed by atoms with E-state index in [-0.39, 0.29) is 5.91 Å². The van der Waals surface area contributed by atoms with E-state index in [2.05, 4.69) is 20.0 Å². The molecule has 0 bridgehead atoms. The van der Waals surface area contributed by atoms with E-state index in [1.807, 2.05) is 23.1 Å². The molecule has 25 heavy (non-hydrogen) atoms. The largest absolute Gasteiger partial charge is 0.338 e. The van der Waals surface area contributed by atoms with Crippen LogP contribution in [0.25, 0.3) is 11.5 Å². The molecule has 2 atom stereocenters. The molecule has 2 fully saturated rings. The first-order chi connectivity index (χ1) is 12.2. The molecule has 2 aliphatic heterocycles. The van der Waals surface area contributed by atoms with E-state index in [4.69, 9.17) is 4.52 Å². The maximum atomic E-state index is 11.9. The zero-order valence-corrected chi connectivity index (χ0v) is 14.5. The lowest BCUT2D eigenvalue weighted by atomic mass is 10.0. The first-order valence-corrected chi connectivity index (χ1v) is 8.97. The molecule has 2 saturated heterocycles. The second kappa shape index (κ2) is 6.92. The lowest BCUT2D eigenvalue weighted by Gasteiger charge is -2.33. The summed E-state index contributed by atoms with van der Waals surface area (Å²) in [6, 6.07) is 6.35. The number of likely N-dealkylation sites (tertiary alicyclic amines) is 2. The van der Waals surface area contributed by atoms with Crippen LogP contribution in [0.15, 0.2) is 28.9 Å². The molecule has 0 N–H and O–H groups in total. The third-order valence-electron chi connectivity index (χ3n) is 5.26.